The van der Waals surface area contributed by atoms with Crippen molar-refractivity contribution in [3.63, 3.8) is 0 Å². The molecule has 0 saturated heterocycles. The molecule has 0 aliphatic heterocycles. The van der Waals surface area contributed by atoms with Gasteiger partial charge in [-0.2, -0.15) is 0 Å². The molecule has 0 atom stereocenters. The fourth-order valence-electron chi connectivity index (χ4n) is 2.24. The number of hydrogen-bond donors (Lipinski definition) is 1. The summed E-state index contributed by atoms with van der Waals surface area (Å²) in [4.78, 5) is 0. The van der Waals surface area contributed by atoms with Crippen LogP contribution in [0.1, 0.15) is 36.0 Å². The molecule has 1 aliphatic rings. The van der Waals surface area contributed by atoms with Gasteiger partial charge in [-0.25, -0.2) is 4.39 Å². The largest absolute Gasteiger partial charge is 0.321 e. The summed E-state index contributed by atoms with van der Waals surface area (Å²) in [5.41, 5.74) is 8.09. The fourth-order valence-corrected chi connectivity index (χ4v) is 2.78. The lowest BCUT2D eigenvalue weighted by atomic mass is 9.71. The monoisotopic (exact) mass is 271 g/mol. The third-order valence-electron chi connectivity index (χ3n) is 3.39. The van der Waals surface area contributed by atoms with Crippen LogP contribution in [0, 0.1) is 19.7 Å². The van der Waals surface area contributed by atoms with Crippen LogP contribution in [0.2, 0.25) is 0 Å². The molecular formula is C12H15BrFN. The number of benzene rings is 1. The summed E-state index contributed by atoms with van der Waals surface area (Å²) in [6.07, 6.45) is 2.88. The highest BCUT2D eigenvalue weighted by atomic mass is 79.9. The van der Waals surface area contributed by atoms with Gasteiger partial charge in [0.25, 0.3) is 0 Å². The Hall–Kier alpha value is -0.410. The Labute approximate surface area is 98.0 Å². The van der Waals surface area contributed by atoms with Crippen LogP contribution in [0.15, 0.2) is 10.5 Å². The molecule has 2 rings (SSSR count). The minimum atomic E-state index is -0.428. The molecule has 0 radical (unpaired) electrons. The molecule has 0 aromatic heterocycles. The van der Waals surface area contributed by atoms with E-state index in [0.717, 1.165) is 29.3 Å². The first-order valence-corrected chi connectivity index (χ1v) is 5.99. The smallest absolute Gasteiger partial charge is 0.131 e. The van der Waals surface area contributed by atoms with Gasteiger partial charge in [-0.1, -0.05) is 15.9 Å². The van der Waals surface area contributed by atoms with Gasteiger partial charge >= 0.3 is 0 Å². The lowest BCUT2D eigenvalue weighted by molar-refractivity contribution is 0.243. The average Bonchev–Trinajstić information content (AvgIpc) is 2.12. The molecule has 82 valence electrons. The fraction of sp³-hybridized carbons (Fsp3) is 0.500. The standard InChI is InChI=1S/C12H15BrFN/c1-7-6-9(13)8(2)10(11(7)14)12(15)4-3-5-12/h6H,3-5,15H2,1-2H3. The highest BCUT2D eigenvalue weighted by Crippen LogP contribution is 2.43. The van der Waals surface area contributed by atoms with Crippen LogP contribution < -0.4 is 5.73 Å². The van der Waals surface area contributed by atoms with Gasteiger partial charge in [0.15, 0.2) is 0 Å². The van der Waals surface area contributed by atoms with E-state index in [0.29, 0.717) is 11.1 Å². The van der Waals surface area contributed by atoms with Crippen molar-refractivity contribution in [2.45, 2.75) is 38.6 Å². The highest BCUT2D eigenvalue weighted by Gasteiger charge is 2.38. The molecule has 0 bridgehead atoms. The molecule has 1 nitrogen and oxygen atoms in total. The molecule has 0 heterocycles. The minimum Gasteiger partial charge on any atom is -0.321 e. The van der Waals surface area contributed by atoms with Gasteiger partial charge in [0.1, 0.15) is 5.82 Å². The van der Waals surface area contributed by atoms with Gasteiger partial charge in [0.2, 0.25) is 0 Å². The molecule has 1 saturated carbocycles. The van der Waals surface area contributed by atoms with Gasteiger partial charge in [-0.05, 0) is 50.3 Å². The second kappa shape index (κ2) is 3.56. The summed E-state index contributed by atoms with van der Waals surface area (Å²) in [5.74, 6) is -0.127. The second-order valence-corrected chi connectivity index (χ2v) is 5.35. The number of nitrogens with two attached hydrogens (primary N) is 1. The van der Waals surface area contributed by atoms with Crippen molar-refractivity contribution in [1.82, 2.24) is 0 Å². The molecule has 1 aliphatic carbocycles. The molecule has 15 heavy (non-hydrogen) atoms. The molecule has 1 aromatic carbocycles. The quantitative estimate of drug-likeness (QED) is 0.831. The first-order valence-electron chi connectivity index (χ1n) is 5.20. The summed E-state index contributed by atoms with van der Waals surface area (Å²) < 4.78 is 15.0. The van der Waals surface area contributed by atoms with E-state index in [1.165, 1.54) is 0 Å². The molecule has 0 spiro atoms. The van der Waals surface area contributed by atoms with E-state index in [1.54, 1.807) is 6.92 Å². The highest BCUT2D eigenvalue weighted by molar-refractivity contribution is 9.10. The van der Waals surface area contributed by atoms with Crippen LogP contribution in [0.3, 0.4) is 0 Å². The van der Waals surface area contributed by atoms with E-state index < -0.39 is 5.54 Å². The maximum absolute atomic E-state index is 14.1. The van der Waals surface area contributed by atoms with Crippen LogP contribution in [-0.2, 0) is 5.54 Å². The molecule has 2 N–H and O–H groups in total. The van der Waals surface area contributed by atoms with Gasteiger partial charge in [0.05, 0.1) is 0 Å². The summed E-state index contributed by atoms with van der Waals surface area (Å²) >= 11 is 3.45. The Kier molecular flexibility index (Phi) is 2.63. The lowest BCUT2D eigenvalue weighted by Crippen LogP contribution is -2.44. The van der Waals surface area contributed by atoms with E-state index in [2.05, 4.69) is 15.9 Å². The van der Waals surface area contributed by atoms with Gasteiger partial charge in [-0.15, -0.1) is 0 Å². The van der Waals surface area contributed by atoms with E-state index in [-0.39, 0.29) is 5.82 Å². The van der Waals surface area contributed by atoms with Crippen LogP contribution in [0.25, 0.3) is 0 Å². The maximum Gasteiger partial charge on any atom is 0.131 e. The molecule has 0 unspecified atom stereocenters. The van der Waals surface area contributed by atoms with Crippen molar-refractivity contribution in [3.05, 3.63) is 33.0 Å². The predicted molar refractivity (Wildman–Crippen MR) is 63.3 cm³/mol. The summed E-state index contributed by atoms with van der Waals surface area (Å²) in [6, 6.07) is 1.82. The number of rotatable bonds is 1. The summed E-state index contributed by atoms with van der Waals surface area (Å²) in [7, 11) is 0. The Morgan fingerprint density at radius 3 is 2.47 bits per heavy atom. The van der Waals surface area contributed by atoms with Gasteiger partial charge in [-0.3, -0.25) is 0 Å². The Balaban J connectivity index is 2.63. The minimum absolute atomic E-state index is 0.127. The topological polar surface area (TPSA) is 26.0 Å². The third-order valence-corrected chi connectivity index (χ3v) is 4.21. The first kappa shape index (κ1) is 11.1. The maximum atomic E-state index is 14.1. The third kappa shape index (κ3) is 1.62. The van der Waals surface area contributed by atoms with Crippen molar-refractivity contribution in [2.75, 3.05) is 0 Å². The zero-order valence-electron chi connectivity index (χ0n) is 9.03. The van der Waals surface area contributed by atoms with Crippen molar-refractivity contribution in [3.8, 4) is 0 Å². The summed E-state index contributed by atoms with van der Waals surface area (Å²) in [5, 5.41) is 0. The van der Waals surface area contributed by atoms with E-state index in [9.17, 15) is 4.39 Å². The lowest BCUT2D eigenvalue weighted by Gasteiger charge is -2.40. The van der Waals surface area contributed by atoms with Crippen LogP contribution >= 0.6 is 15.9 Å². The van der Waals surface area contributed by atoms with Crippen LogP contribution in [-0.4, -0.2) is 0 Å². The van der Waals surface area contributed by atoms with Crippen molar-refractivity contribution in [1.29, 1.82) is 0 Å². The predicted octanol–water partition coefficient (Wildman–Crippen LogP) is 3.54. The van der Waals surface area contributed by atoms with Gasteiger partial charge < -0.3 is 5.73 Å². The number of aryl methyl sites for hydroxylation is 1. The molecule has 3 heteroatoms. The second-order valence-electron chi connectivity index (χ2n) is 4.50. The van der Waals surface area contributed by atoms with Crippen molar-refractivity contribution >= 4 is 15.9 Å². The number of hydrogen-bond acceptors (Lipinski definition) is 1. The normalized spacial score (nSPS) is 18.7. The zero-order valence-corrected chi connectivity index (χ0v) is 10.6. The van der Waals surface area contributed by atoms with Gasteiger partial charge in [0, 0.05) is 15.6 Å². The van der Waals surface area contributed by atoms with Crippen LogP contribution in [0.4, 0.5) is 4.39 Å². The Bertz CT molecular complexity index is 384. The Morgan fingerprint density at radius 2 is 2.00 bits per heavy atom. The van der Waals surface area contributed by atoms with E-state index in [1.807, 2.05) is 13.0 Å². The molecular weight excluding hydrogens is 257 g/mol. The van der Waals surface area contributed by atoms with E-state index in [4.69, 9.17) is 5.73 Å². The van der Waals surface area contributed by atoms with E-state index >= 15 is 0 Å². The molecule has 1 aromatic rings. The summed E-state index contributed by atoms with van der Waals surface area (Å²) in [6.45, 7) is 3.71. The van der Waals surface area contributed by atoms with Crippen LogP contribution in [0.5, 0.6) is 0 Å². The zero-order chi connectivity index (χ0) is 11.2. The SMILES string of the molecule is Cc1cc(Br)c(C)c(C2(N)CCC2)c1F. The average molecular weight is 272 g/mol. The molecule has 1 fully saturated rings. The Morgan fingerprint density at radius 1 is 1.40 bits per heavy atom. The molecule has 0 amide bonds. The van der Waals surface area contributed by atoms with Crippen molar-refractivity contribution < 1.29 is 4.39 Å². The van der Waals surface area contributed by atoms with Crippen molar-refractivity contribution in [2.24, 2.45) is 5.73 Å². The number of halogens is 2. The first-order chi connectivity index (χ1) is 6.96.